The van der Waals surface area contributed by atoms with Crippen molar-refractivity contribution < 1.29 is 4.79 Å². The maximum absolute atomic E-state index is 12.4. The molecule has 1 amide bonds. The molecule has 1 aliphatic heterocycles. The van der Waals surface area contributed by atoms with Gasteiger partial charge in [0.05, 0.1) is 5.00 Å². The van der Waals surface area contributed by atoms with Gasteiger partial charge < -0.3 is 15.5 Å². The molecule has 1 aromatic carbocycles. The fraction of sp³-hybridized carbons (Fsp3) is 0.267. The number of amides is 1. The largest absolute Gasteiger partial charge is 0.399 e. The van der Waals surface area contributed by atoms with Crippen LogP contribution in [0.3, 0.4) is 0 Å². The zero-order valence-corrected chi connectivity index (χ0v) is 14.4. The van der Waals surface area contributed by atoms with Crippen LogP contribution in [0, 0.1) is 0 Å². The van der Waals surface area contributed by atoms with E-state index in [9.17, 15) is 4.79 Å². The molecule has 4 nitrogen and oxygen atoms in total. The summed E-state index contributed by atoms with van der Waals surface area (Å²) in [5.41, 5.74) is 7.04. The molecule has 1 saturated heterocycles. The molecule has 2 N–H and O–H groups in total. The Hall–Kier alpha value is -1.43. The van der Waals surface area contributed by atoms with Gasteiger partial charge in [-0.2, -0.15) is 0 Å². The molecule has 2 aromatic rings. The summed E-state index contributed by atoms with van der Waals surface area (Å²) in [6.45, 7) is 3.28. The Balaban J connectivity index is 0.00000121. The summed E-state index contributed by atoms with van der Waals surface area (Å²) < 4.78 is 0. The van der Waals surface area contributed by atoms with Crippen molar-refractivity contribution in [1.29, 1.82) is 0 Å². The lowest BCUT2D eigenvalue weighted by atomic mass is 10.1. The number of hydrogen-bond donors (Lipinski definition) is 1. The number of halogens is 2. The van der Waals surface area contributed by atoms with Gasteiger partial charge in [-0.25, -0.2) is 0 Å². The average Bonchev–Trinajstić information content (AvgIpc) is 3.01. The second-order valence-corrected chi connectivity index (χ2v) is 5.78. The third kappa shape index (κ3) is 4.06. The molecule has 120 valence electrons. The van der Waals surface area contributed by atoms with Gasteiger partial charge in [-0.1, -0.05) is 6.07 Å². The smallest absolute Gasteiger partial charge is 0.254 e. The minimum Gasteiger partial charge on any atom is -0.399 e. The number of carbonyl (C=O) groups is 1. The molecule has 1 aromatic heterocycles. The van der Waals surface area contributed by atoms with Crippen molar-refractivity contribution in [3.8, 4) is 0 Å². The molecule has 3 rings (SSSR count). The minimum absolute atomic E-state index is 0. The SMILES string of the molecule is Cl.Cl.Nc1cccc(C(=O)N2CCN(c3cccs3)CC2)c1. The van der Waals surface area contributed by atoms with Crippen LogP contribution in [0.2, 0.25) is 0 Å². The van der Waals surface area contributed by atoms with E-state index in [-0.39, 0.29) is 30.7 Å². The van der Waals surface area contributed by atoms with Crippen LogP contribution in [0.15, 0.2) is 41.8 Å². The first-order chi connectivity index (χ1) is 9.74. The highest BCUT2D eigenvalue weighted by atomic mass is 35.5. The predicted octanol–water partition coefficient (Wildman–Crippen LogP) is 3.14. The van der Waals surface area contributed by atoms with E-state index in [2.05, 4.69) is 22.4 Å². The highest BCUT2D eigenvalue weighted by molar-refractivity contribution is 7.14. The molecule has 0 aliphatic carbocycles. The first-order valence-corrected chi connectivity index (χ1v) is 7.55. The lowest BCUT2D eigenvalue weighted by Crippen LogP contribution is -2.48. The van der Waals surface area contributed by atoms with Crippen LogP contribution in [0.1, 0.15) is 10.4 Å². The van der Waals surface area contributed by atoms with Crippen LogP contribution in [0.25, 0.3) is 0 Å². The summed E-state index contributed by atoms with van der Waals surface area (Å²) in [6, 6.07) is 11.4. The number of anilines is 2. The molecule has 0 unspecified atom stereocenters. The number of nitrogens with two attached hydrogens (primary N) is 1. The highest BCUT2D eigenvalue weighted by Gasteiger charge is 2.22. The molecule has 1 fully saturated rings. The minimum atomic E-state index is 0. The van der Waals surface area contributed by atoms with E-state index in [1.165, 1.54) is 5.00 Å². The number of piperazine rings is 1. The van der Waals surface area contributed by atoms with Crippen LogP contribution in [-0.2, 0) is 0 Å². The standard InChI is InChI=1S/C15H17N3OS.2ClH/c16-13-4-1-3-12(11-13)15(19)18-8-6-17(7-9-18)14-5-2-10-20-14;;/h1-5,10-11H,6-9,16H2;2*1H. The second-order valence-electron chi connectivity index (χ2n) is 4.86. The monoisotopic (exact) mass is 359 g/mol. The fourth-order valence-electron chi connectivity index (χ4n) is 2.43. The zero-order valence-electron chi connectivity index (χ0n) is 12.0. The lowest BCUT2D eigenvalue weighted by molar-refractivity contribution is 0.0747. The molecule has 7 heteroatoms. The molecular weight excluding hydrogens is 341 g/mol. The highest BCUT2D eigenvalue weighted by Crippen LogP contribution is 2.23. The van der Waals surface area contributed by atoms with Gasteiger partial charge in [-0.15, -0.1) is 36.2 Å². The summed E-state index contributed by atoms with van der Waals surface area (Å²) in [7, 11) is 0. The van der Waals surface area contributed by atoms with Crippen LogP contribution in [0.4, 0.5) is 10.7 Å². The van der Waals surface area contributed by atoms with Crippen LogP contribution in [0.5, 0.6) is 0 Å². The van der Waals surface area contributed by atoms with Crippen LogP contribution in [-0.4, -0.2) is 37.0 Å². The summed E-state index contributed by atoms with van der Waals surface area (Å²) in [4.78, 5) is 16.6. The van der Waals surface area contributed by atoms with E-state index >= 15 is 0 Å². The van der Waals surface area contributed by atoms with Crippen molar-refractivity contribution in [3.63, 3.8) is 0 Å². The third-order valence-corrected chi connectivity index (χ3v) is 4.45. The molecule has 22 heavy (non-hydrogen) atoms. The van der Waals surface area contributed by atoms with Gasteiger partial charge in [-0.3, -0.25) is 4.79 Å². The van der Waals surface area contributed by atoms with E-state index in [1.807, 2.05) is 17.0 Å². The Kier molecular flexibility index (Phi) is 7.00. The van der Waals surface area contributed by atoms with E-state index in [0.717, 1.165) is 26.2 Å². The number of thiophene rings is 1. The van der Waals surface area contributed by atoms with E-state index in [4.69, 9.17) is 5.73 Å². The fourth-order valence-corrected chi connectivity index (χ4v) is 3.22. The van der Waals surface area contributed by atoms with Gasteiger partial charge in [0.15, 0.2) is 0 Å². The van der Waals surface area contributed by atoms with Gasteiger partial charge in [0.25, 0.3) is 5.91 Å². The van der Waals surface area contributed by atoms with E-state index in [1.54, 1.807) is 23.5 Å². The van der Waals surface area contributed by atoms with Crippen molar-refractivity contribution in [2.75, 3.05) is 36.8 Å². The van der Waals surface area contributed by atoms with Crippen molar-refractivity contribution in [3.05, 3.63) is 47.3 Å². The van der Waals surface area contributed by atoms with Gasteiger partial charge in [0.2, 0.25) is 0 Å². The lowest BCUT2D eigenvalue weighted by Gasteiger charge is -2.35. The second kappa shape index (κ2) is 8.27. The predicted molar refractivity (Wildman–Crippen MR) is 97.8 cm³/mol. The normalized spacial score (nSPS) is 14.0. The third-order valence-electron chi connectivity index (χ3n) is 3.52. The van der Waals surface area contributed by atoms with Crippen LogP contribution >= 0.6 is 36.2 Å². The Labute approximate surface area is 146 Å². The maximum Gasteiger partial charge on any atom is 0.254 e. The number of nitrogen functional groups attached to an aromatic ring is 1. The van der Waals surface area contributed by atoms with Gasteiger partial charge in [0, 0.05) is 37.4 Å². The van der Waals surface area contributed by atoms with Crippen molar-refractivity contribution in [2.24, 2.45) is 0 Å². The average molecular weight is 360 g/mol. The Morgan fingerprint density at radius 2 is 1.77 bits per heavy atom. The quantitative estimate of drug-likeness (QED) is 0.837. The Morgan fingerprint density at radius 1 is 1.05 bits per heavy atom. The zero-order chi connectivity index (χ0) is 13.9. The van der Waals surface area contributed by atoms with E-state index < -0.39 is 0 Å². The number of hydrogen-bond acceptors (Lipinski definition) is 4. The first kappa shape index (κ1) is 18.6. The van der Waals surface area contributed by atoms with Gasteiger partial charge >= 0.3 is 0 Å². The molecule has 0 bridgehead atoms. The number of benzene rings is 1. The van der Waals surface area contributed by atoms with Crippen molar-refractivity contribution in [1.82, 2.24) is 4.90 Å². The topological polar surface area (TPSA) is 49.6 Å². The molecular formula is C15H19Cl2N3OS. The molecule has 0 atom stereocenters. The Morgan fingerprint density at radius 3 is 2.36 bits per heavy atom. The molecule has 0 saturated carbocycles. The van der Waals surface area contributed by atoms with Gasteiger partial charge in [0.1, 0.15) is 0 Å². The molecule has 0 spiro atoms. The summed E-state index contributed by atoms with van der Waals surface area (Å²) in [5.74, 6) is 0.0723. The summed E-state index contributed by atoms with van der Waals surface area (Å²) in [5, 5.41) is 3.36. The first-order valence-electron chi connectivity index (χ1n) is 6.67. The van der Waals surface area contributed by atoms with Crippen molar-refractivity contribution >= 4 is 52.7 Å². The number of rotatable bonds is 2. The maximum atomic E-state index is 12.4. The van der Waals surface area contributed by atoms with E-state index in [0.29, 0.717) is 11.3 Å². The summed E-state index contributed by atoms with van der Waals surface area (Å²) in [6.07, 6.45) is 0. The summed E-state index contributed by atoms with van der Waals surface area (Å²) >= 11 is 1.74. The molecule has 0 radical (unpaired) electrons. The Bertz CT molecular complexity index is 599. The van der Waals surface area contributed by atoms with Gasteiger partial charge in [-0.05, 0) is 35.7 Å². The van der Waals surface area contributed by atoms with Crippen molar-refractivity contribution in [2.45, 2.75) is 0 Å². The van der Waals surface area contributed by atoms with Crippen LogP contribution < -0.4 is 10.6 Å². The molecule has 1 aliphatic rings. The molecule has 2 heterocycles. The number of nitrogens with zero attached hydrogens (tertiary/aromatic N) is 2. The number of carbonyl (C=O) groups excluding carboxylic acids is 1.